The van der Waals surface area contributed by atoms with E-state index in [0.29, 0.717) is 11.3 Å². The molecule has 0 saturated carbocycles. The lowest BCUT2D eigenvalue weighted by molar-refractivity contribution is 0.104. The Hall–Kier alpha value is -2.88. The number of allylic oxidation sites excluding steroid dienone is 1. The van der Waals surface area contributed by atoms with E-state index < -0.39 is 0 Å². The number of nitrogens with zero attached hydrogens (tertiary/aromatic N) is 2. The van der Waals surface area contributed by atoms with Crippen molar-refractivity contribution < 1.29 is 9.32 Å². The number of rotatable bonds is 4. The average molecular weight is 306 g/mol. The number of carbonyl (C=O) groups excluding carboxylic acids is 1. The van der Waals surface area contributed by atoms with Crippen LogP contribution in [0.5, 0.6) is 0 Å². The van der Waals surface area contributed by atoms with Gasteiger partial charge in [0.2, 0.25) is 0 Å². The summed E-state index contributed by atoms with van der Waals surface area (Å²) in [6, 6.07) is 13.5. The summed E-state index contributed by atoms with van der Waals surface area (Å²) < 4.78 is 5.50. The van der Waals surface area contributed by atoms with Gasteiger partial charge in [-0.2, -0.15) is 0 Å². The van der Waals surface area contributed by atoms with Gasteiger partial charge >= 0.3 is 0 Å². The Labute approximate surface area is 135 Å². The van der Waals surface area contributed by atoms with Gasteiger partial charge in [0.15, 0.2) is 11.5 Å². The molecule has 1 heterocycles. The van der Waals surface area contributed by atoms with Crippen molar-refractivity contribution in [3.8, 4) is 11.3 Å². The number of carbonyl (C=O) groups is 1. The van der Waals surface area contributed by atoms with Crippen LogP contribution in [-0.4, -0.2) is 29.9 Å². The first-order chi connectivity index (χ1) is 11.0. The molecule has 1 aromatic heterocycles. The van der Waals surface area contributed by atoms with E-state index in [2.05, 4.69) is 5.16 Å². The van der Waals surface area contributed by atoms with Gasteiger partial charge in [0.1, 0.15) is 5.52 Å². The molecule has 2 aromatic carbocycles. The van der Waals surface area contributed by atoms with Crippen LogP contribution in [0.1, 0.15) is 15.9 Å². The Morgan fingerprint density at radius 1 is 1.17 bits per heavy atom. The summed E-state index contributed by atoms with van der Waals surface area (Å²) in [5.41, 5.74) is 3.47. The van der Waals surface area contributed by atoms with E-state index >= 15 is 0 Å². The number of hydrogen-bond acceptors (Lipinski definition) is 4. The van der Waals surface area contributed by atoms with E-state index in [-0.39, 0.29) is 5.78 Å². The van der Waals surface area contributed by atoms with Crippen molar-refractivity contribution in [2.24, 2.45) is 0 Å². The monoisotopic (exact) mass is 306 g/mol. The molecule has 0 bridgehead atoms. The highest BCUT2D eigenvalue weighted by Gasteiger charge is 2.13. The van der Waals surface area contributed by atoms with Crippen LogP contribution >= 0.6 is 0 Å². The first-order valence-electron chi connectivity index (χ1n) is 7.40. The Bertz CT molecular complexity index is 891. The number of fused-ring (bicyclic) bond motifs is 1. The van der Waals surface area contributed by atoms with Gasteiger partial charge in [-0.15, -0.1) is 0 Å². The van der Waals surface area contributed by atoms with Gasteiger partial charge in [-0.1, -0.05) is 28.9 Å². The van der Waals surface area contributed by atoms with Crippen LogP contribution in [0, 0.1) is 6.92 Å². The SMILES string of the molecule is Cc1cccc(-c2onc3ccc(C(=O)C=CN(C)C)cc23)c1. The molecule has 23 heavy (non-hydrogen) atoms. The first-order valence-corrected chi connectivity index (χ1v) is 7.40. The smallest absolute Gasteiger partial charge is 0.187 e. The lowest BCUT2D eigenvalue weighted by atomic mass is 10.0. The topological polar surface area (TPSA) is 46.3 Å². The molecule has 116 valence electrons. The molecular formula is C19H18N2O2. The Morgan fingerprint density at radius 2 is 2.00 bits per heavy atom. The minimum absolute atomic E-state index is 0.0445. The second-order valence-corrected chi connectivity index (χ2v) is 5.76. The van der Waals surface area contributed by atoms with Crippen LogP contribution in [0.2, 0.25) is 0 Å². The van der Waals surface area contributed by atoms with Crippen molar-refractivity contribution in [2.45, 2.75) is 6.92 Å². The van der Waals surface area contributed by atoms with Crippen LogP contribution in [0.15, 0.2) is 59.3 Å². The zero-order valence-corrected chi connectivity index (χ0v) is 13.4. The van der Waals surface area contributed by atoms with E-state index in [4.69, 9.17) is 4.52 Å². The van der Waals surface area contributed by atoms with Crippen molar-refractivity contribution in [3.63, 3.8) is 0 Å². The third kappa shape index (κ3) is 3.16. The van der Waals surface area contributed by atoms with Gasteiger partial charge in [-0.3, -0.25) is 4.79 Å². The number of aromatic nitrogens is 1. The lowest BCUT2D eigenvalue weighted by Crippen LogP contribution is -2.03. The first kappa shape index (κ1) is 15.0. The van der Waals surface area contributed by atoms with E-state index in [1.165, 1.54) is 0 Å². The highest BCUT2D eigenvalue weighted by Crippen LogP contribution is 2.30. The number of ketones is 1. The summed E-state index contributed by atoms with van der Waals surface area (Å²) in [6.45, 7) is 2.03. The predicted molar refractivity (Wildman–Crippen MR) is 91.3 cm³/mol. The molecule has 4 heteroatoms. The molecule has 0 aliphatic heterocycles. The van der Waals surface area contributed by atoms with Gasteiger partial charge in [0.05, 0.1) is 5.39 Å². The maximum atomic E-state index is 12.3. The summed E-state index contributed by atoms with van der Waals surface area (Å²) in [5, 5.41) is 4.93. The second-order valence-electron chi connectivity index (χ2n) is 5.76. The van der Waals surface area contributed by atoms with E-state index in [9.17, 15) is 4.79 Å². The quantitative estimate of drug-likeness (QED) is 0.538. The van der Waals surface area contributed by atoms with E-state index in [1.807, 2.05) is 62.3 Å². The molecule has 0 radical (unpaired) electrons. The standard InChI is InChI=1S/C19H18N2O2/c1-13-5-4-6-15(11-13)19-16-12-14(7-8-17(16)20-23-19)18(22)9-10-21(2)3/h4-12H,1-3H3. The van der Waals surface area contributed by atoms with E-state index in [1.54, 1.807) is 18.3 Å². The molecule has 0 N–H and O–H groups in total. The zero-order valence-electron chi connectivity index (χ0n) is 13.4. The average Bonchev–Trinajstić information content (AvgIpc) is 2.95. The fourth-order valence-corrected chi connectivity index (χ4v) is 2.40. The highest BCUT2D eigenvalue weighted by molar-refractivity contribution is 6.07. The molecule has 0 aliphatic carbocycles. The molecule has 0 fully saturated rings. The summed E-state index contributed by atoms with van der Waals surface area (Å²) in [6.07, 6.45) is 3.29. The Balaban J connectivity index is 2.05. The third-order valence-corrected chi connectivity index (χ3v) is 3.57. The molecule has 0 saturated heterocycles. The normalized spacial score (nSPS) is 11.3. The van der Waals surface area contributed by atoms with Crippen LogP contribution in [0.3, 0.4) is 0 Å². The molecule has 0 unspecified atom stereocenters. The number of hydrogen-bond donors (Lipinski definition) is 0. The maximum absolute atomic E-state index is 12.3. The van der Waals surface area contributed by atoms with Crippen molar-refractivity contribution >= 4 is 16.7 Å². The maximum Gasteiger partial charge on any atom is 0.187 e. The largest absolute Gasteiger partial charge is 0.383 e. The Morgan fingerprint density at radius 3 is 2.74 bits per heavy atom. The van der Waals surface area contributed by atoms with Gasteiger partial charge in [-0.25, -0.2) is 0 Å². The molecule has 3 aromatic rings. The molecule has 4 nitrogen and oxygen atoms in total. The number of aryl methyl sites for hydroxylation is 1. The van der Waals surface area contributed by atoms with Crippen LogP contribution in [-0.2, 0) is 0 Å². The minimum Gasteiger partial charge on any atom is -0.383 e. The fraction of sp³-hybridized carbons (Fsp3) is 0.158. The van der Waals surface area contributed by atoms with E-state index in [0.717, 1.165) is 22.0 Å². The lowest BCUT2D eigenvalue weighted by Gasteiger charge is -2.03. The van der Waals surface area contributed by atoms with Gasteiger partial charge in [0, 0.05) is 37.5 Å². The van der Waals surface area contributed by atoms with Crippen molar-refractivity contribution in [1.82, 2.24) is 10.1 Å². The van der Waals surface area contributed by atoms with Crippen molar-refractivity contribution in [1.29, 1.82) is 0 Å². The zero-order chi connectivity index (χ0) is 16.4. The van der Waals surface area contributed by atoms with Gasteiger partial charge in [-0.05, 0) is 31.2 Å². The Kier molecular flexibility index (Phi) is 3.98. The highest BCUT2D eigenvalue weighted by atomic mass is 16.5. The molecule has 3 rings (SSSR count). The van der Waals surface area contributed by atoms with Gasteiger partial charge in [0.25, 0.3) is 0 Å². The van der Waals surface area contributed by atoms with Crippen LogP contribution in [0.25, 0.3) is 22.2 Å². The summed E-state index contributed by atoms with van der Waals surface area (Å²) in [7, 11) is 3.76. The van der Waals surface area contributed by atoms with Crippen LogP contribution < -0.4 is 0 Å². The summed E-state index contributed by atoms with van der Waals surface area (Å²) in [4.78, 5) is 14.1. The molecule has 0 amide bonds. The van der Waals surface area contributed by atoms with Gasteiger partial charge < -0.3 is 9.42 Å². The molecule has 0 atom stereocenters. The minimum atomic E-state index is -0.0445. The third-order valence-electron chi connectivity index (χ3n) is 3.57. The fourth-order valence-electron chi connectivity index (χ4n) is 2.40. The van der Waals surface area contributed by atoms with Crippen molar-refractivity contribution in [3.05, 3.63) is 65.9 Å². The summed E-state index contributed by atoms with van der Waals surface area (Å²) >= 11 is 0. The van der Waals surface area contributed by atoms with Crippen LogP contribution in [0.4, 0.5) is 0 Å². The summed E-state index contributed by atoms with van der Waals surface area (Å²) in [5.74, 6) is 0.645. The molecular weight excluding hydrogens is 288 g/mol. The molecule has 0 spiro atoms. The number of benzene rings is 2. The second kappa shape index (κ2) is 6.08. The predicted octanol–water partition coefficient (Wildman–Crippen LogP) is 4.06. The molecule has 0 aliphatic rings. The van der Waals surface area contributed by atoms with Crippen molar-refractivity contribution in [2.75, 3.05) is 14.1 Å².